The molecule has 1 aromatic heterocycles. The molecule has 0 N–H and O–H groups in total. The van der Waals surface area contributed by atoms with E-state index in [1.54, 1.807) is 25.5 Å². The summed E-state index contributed by atoms with van der Waals surface area (Å²) in [7, 11) is 1.61. The van der Waals surface area contributed by atoms with Crippen molar-refractivity contribution >= 4 is 11.0 Å². The number of nitrogens with zero attached hydrogens (tertiary/aromatic N) is 2. The minimum Gasteiger partial charge on any atom is -0.497 e. The van der Waals surface area contributed by atoms with E-state index in [1.807, 2.05) is 6.07 Å². The van der Waals surface area contributed by atoms with Crippen LogP contribution < -0.4 is 10.2 Å². The molecule has 0 radical (unpaired) electrons. The lowest BCUT2D eigenvalue weighted by atomic mass is 9.61. The van der Waals surface area contributed by atoms with Crippen LogP contribution in [0.25, 0.3) is 11.0 Å². The maximum Gasteiger partial charge on any atom is 0.197 e. The zero-order valence-corrected chi connectivity index (χ0v) is 14.0. The minimum absolute atomic E-state index is 0.0690. The number of hydrogen-bond donors (Lipinski definition) is 0. The number of fused-ring (bicyclic) bond motifs is 1. The topological polar surface area (TPSA) is 45.9 Å². The maximum absolute atomic E-state index is 12.9. The van der Waals surface area contributed by atoms with Crippen LogP contribution in [-0.4, -0.2) is 48.1 Å². The third-order valence-electron chi connectivity index (χ3n) is 6.44. The first kappa shape index (κ1) is 14.5. The number of hydrogen-bond acceptors (Lipinski definition) is 5. The van der Waals surface area contributed by atoms with E-state index in [-0.39, 0.29) is 5.43 Å². The number of benzene rings is 1. The highest BCUT2D eigenvalue weighted by Crippen LogP contribution is 2.51. The molecule has 3 fully saturated rings. The van der Waals surface area contributed by atoms with E-state index in [9.17, 15) is 4.79 Å². The fraction of sp³-hybridized carbons (Fsp3) is 0.526. The smallest absolute Gasteiger partial charge is 0.197 e. The largest absolute Gasteiger partial charge is 0.497 e. The molecular weight excluding hydrogens is 304 g/mol. The maximum atomic E-state index is 12.9. The predicted octanol–water partition coefficient (Wildman–Crippen LogP) is 2.22. The Morgan fingerprint density at radius 2 is 2.21 bits per heavy atom. The van der Waals surface area contributed by atoms with Gasteiger partial charge in [-0.2, -0.15) is 0 Å². The lowest BCUT2D eigenvalue weighted by Crippen LogP contribution is -2.79. The van der Waals surface area contributed by atoms with Crippen molar-refractivity contribution < 1.29 is 9.15 Å². The van der Waals surface area contributed by atoms with Gasteiger partial charge in [0.25, 0.3) is 0 Å². The number of rotatable bonds is 3. The molecule has 5 rings (SSSR count). The molecule has 1 saturated carbocycles. The van der Waals surface area contributed by atoms with Gasteiger partial charge in [-0.3, -0.25) is 14.6 Å². The molecule has 2 saturated heterocycles. The molecule has 5 heteroatoms. The molecule has 2 aromatic rings. The Hall–Kier alpha value is -1.85. The van der Waals surface area contributed by atoms with Crippen LogP contribution in [0.4, 0.5) is 0 Å². The van der Waals surface area contributed by atoms with Gasteiger partial charge in [-0.05, 0) is 37.5 Å². The summed E-state index contributed by atoms with van der Waals surface area (Å²) < 4.78 is 11.0. The second-order valence-electron chi connectivity index (χ2n) is 7.32. The predicted molar refractivity (Wildman–Crippen MR) is 91.4 cm³/mol. The van der Waals surface area contributed by atoms with Crippen LogP contribution in [0.3, 0.4) is 0 Å². The molecule has 2 unspecified atom stereocenters. The van der Waals surface area contributed by atoms with Crippen LogP contribution in [0.2, 0.25) is 0 Å². The summed E-state index contributed by atoms with van der Waals surface area (Å²) in [6.45, 7) is 4.11. The van der Waals surface area contributed by atoms with Gasteiger partial charge in [-0.1, -0.05) is 0 Å². The van der Waals surface area contributed by atoms with E-state index in [4.69, 9.17) is 9.15 Å². The van der Waals surface area contributed by atoms with Gasteiger partial charge in [0, 0.05) is 43.3 Å². The zero-order chi connectivity index (χ0) is 16.3. The van der Waals surface area contributed by atoms with Crippen molar-refractivity contribution in [3.63, 3.8) is 0 Å². The number of piperazine rings is 1. The van der Waals surface area contributed by atoms with Gasteiger partial charge >= 0.3 is 0 Å². The quantitative estimate of drug-likeness (QED) is 0.865. The first-order chi connectivity index (χ1) is 11.7. The van der Waals surface area contributed by atoms with E-state index < -0.39 is 0 Å². The van der Waals surface area contributed by atoms with Crippen molar-refractivity contribution in [2.75, 3.05) is 26.7 Å². The average molecular weight is 326 g/mol. The fourth-order valence-electron chi connectivity index (χ4n) is 4.88. The van der Waals surface area contributed by atoms with E-state index in [0.717, 1.165) is 18.7 Å². The molecule has 1 spiro atoms. The SMILES string of the molecule is COc1ccc2occ(CN3CCN4CCC45CCC35)c(=O)c2c1. The van der Waals surface area contributed by atoms with Gasteiger partial charge in [0.2, 0.25) is 0 Å². The van der Waals surface area contributed by atoms with Crippen molar-refractivity contribution in [2.24, 2.45) is 0 Å². The Bertz CT molecular complexity index is 857. The standard InChI is InChI=1S/C19H22N2O3/c1-23-14-2-3-16-15(10-14)18(22)13(12-24-16)11-20-8-9-21-7-6-19(21)5-4-17(19)20/h2-3,10,12,17H,4-9,11H2,1H3. The van der Waals surface area contributed by atoms with Gasteiger partial charge in [0.05, 0.1) is 18.8 Å². The van der Waals surface area contributed by atoms with Crippen LogP contribution in [0.1, 0.15) is 24.8 Å². The van der Waals surface area contributed by atoms with Crippen LogP contribution in [0, 0.1) is 0 Å². The van der Waals surface area contributed by atoms with Gasteiger partial charge < -0.3 is 9.15 Å². The number of ether oxygens (including phenoxy) is 1. The molecular formula is C19H22N2O3. The summed E-state index contributed by atoms with van der Waals surface area (Å²) in [6, 6.07) is 6.01. The summed E-state index contributed by atoms with van der Waals surface area (Å²) in [4.78, 5) is 18.0. The van der Waals surface area contributed by atoms with E-state index >= 15 is 0 Å². The fourth-order valence-corrected chi connectivity index (χ4v) is 4.88. The lowest BCUT2D eigenvalue weighted by Gasteiger charge is -2.69. The van der Waals surface area contributed by atoms with Crippen LogP contribution in [0.15, 0.2) is 33.7 Å². The first-order valence-corrected chi connectivity index (χ1v) is 8.79. The molecule has 3 aliphatic rings. The third kappa shape index (κ3) is 1.85. The molecule has 2 atom stereocenters. The van der Waals surface area contributed by atoms with Crippen LogP contribution in [-0.2, 0) is 6.54 Å². The van der Waals surface area contributed by atoms with E-state index in [0.29, 0.717) is 34.8 Å². The molecule has 0 amide bonds. The Kier molecular flexibility index (Phi) is 3.06. The highest BCUT2D eigenvalue weighted by molar-refractivity contribution is 5.78. The second-order valence-corrected chi connectivity index (χ2v) is 7.32. The molecule has 24 heavy (non-hydrogen) atoms. The highest BCUT2D eigenvalue weighted by Gasteiger charge is 2.59. The zero-order valence-electron chi connectivity index (χ0n) is 14.0. The monoisotopic (exact) mass is 326 g/mol. The molecule has 0 bridgehead atoms. The van der Waals surface area contributed by atoms with Gasteiger partial charge in [-0.25, -0.2) is 0 Å². The minimum atomic E-state index is 0.0690. The Labute approximate surface area is 140 Å². The number of methoxy groups -OCH3 is 1. The molecule has 1 aromatic carbocycles. The second kappa shape index (κ2) is 5.07. The van der Waals surface area contributed by atoms with Crippen molar-refractivity contribution in [3.05, 3.63) is 40.2 Å². The van der Waals surface area contributed by atoms with Crippen LogP contribution >= 0.6 is 0 Å². The van der Waals surface area contributed by atoms with Crippen molar-refractivity contribution in [1.82, 2.24) is 9.80 Å². The van der Waals surface area contributed by atoms with Crippen molar-refractivity contribution in [2.45, 2.75) is 37.4 Å². The molecule has 126 valence electrons. The summed E-state index contributed by atoms with van der Waals surface area (Å²) in [5.41, 5.74) is 1.87. The summed E-state index contributed by atoms with van der Waals surface area (Å²) >= 11 is 0. The van der Waals surface area contributed by atoms with Gasteiger partial charge in [0.1, 0.15) is 11.3 Å². The molecule has 5 nitrogen and oxygen atoms in total. The molecule has 3 heterocycles. The lowest BCUT2D eigenvalue weighted by molar-refractivity contribution is -0.176. The molecule has 1 aliphatic carbocycles. The van der Waals surface area contributed by atoms with Crippen LogP contribution in [0.5, 0.6) is 5.75 Å². The Morgan fingerprint density at radius 3 is 2.92 bits per heavy atom. The summed E-state index contributed by atoms with van der Waals surface area (Å²) in [6.07, 6.45) is 5.54. The molecule has 2 aliphatic heterocycles. The average Bonchev–Trinajstić information content (AvgIpc) is 2.54. The summed E-state index contributed by atoms with van der Waals surface area (Å²) in [5, 5.41) is 0.609. The first-order valence-electron chi connectivity index (χ1n) is 8.79. The van der Waals surface area contributed by atoms with E-state index in [1.165, 1.54) is 25.8 Å². The Morgan fingerprint density at radius 1 is 1.29 bits per heavy atom. The van der Waals surface area contributed by atoms with Gasteiger partial charge in [0.15, 0.2) is 5.43 Å². The normalized spacial score (nSPS) is 29.5. The van der Waals surface area contributed by atoms with Gasteiger partial charge in [-0.15, -0.1) is 0 Å². The Balaban J connectivity index is 1.47. The van der Waals surface area contributed by atoms with E-state index in [2.05, 4.69) is 9.80 Å². The summed E-state index contributed by atoms with van der Waals surface area (Å²) in [5.74, 6) is 0.688. The highest BCUT2D eigenvalue weighted by atomic mass is 16.5. The van der Waals surface area contributed by atoms with Crippen molar-refractivity contribution in [1.29, 1.82) is 0 Å². The van der Waals surface area contributed by atoms with Crippen molar-refractivity contribution in [3.8, 4) is 5.75 Å². The third-order valence-corrected chi connectivity index (χ3v) is 6.44.